The molecule has 3 rings (SSSR count). The number of esters is 1. The molecule has 0 aromatic carbocycles. The number of carbonyl (C=O) groups excluding carboxylic acids is 1. The second-order valence-corrected chi connectivity index (χ2v) is 4.82. The van der Waals surface area contributed by atoms with Gasteiger partial charge in [-0.15, -0.1) is 0 Å². The van der Waals surface area contributed by atoms with Gasteiger partial charge in [-0.2, -0.15) is 18.2 Å². The number of alkyl halides is 3. The van der Waals surface area contributed by atoms with E-state index in [1.807, 2.05) is 0 Å². The second-order valence-electron chi connectivity index (χ2n) is 4.82. The van der Waals surface area contributed by atoms with E-state index in [9.17, 15) is 18.0 Å². The Kier molecular flexibility index (Phi) is 2.49. The minimum absolute atomic E-state index is 0.169. The normalized spacial score (nSPS) is 20.9. The number of hydrogen-bond donors (Lipinski definition) is 1. The summed E-state index contributed by atoms with van der Waals surface area (Å²) in [6.07, 6.45) is -4.15. The Balaban J connectivity index is 1.60. The van der Waals surface area contributed by atoms with Crippen LogP contribution in [0.5, 0.6) is 5.88 Å². The first-order valence-electron chi connectivity index (χ1n) is 5.58. The maximum absolute atomic E-state index is 12.0. The van der Waals surface area contributed by atoms with E-state index in [4.69, 9.17) is 4.42 Å². The number of oxazole rings is 1. The van der Waals surface area contributed by atoms with Crippen molar-refractivity contribution < 1.29 is 27.1 Å². The molecule has 1 N–H and O–H groups in total. The van der Waals surface area contributed by atoms with Crippen LogP contribution in [0, 0.1) is 5.41 Å². The lowest BCUT2D eigenvalue weighted by atomic mass is 9.75. The fraction of sp³-hybridized carbons (Fsp3) is 0.600. The number of rotatable bonds is 2. The van der Waals surface area contributed by atoms with E-state index in [-0.39, 0.29) is 11.4 Å². The zero-order valence-electron chi connectivity index (χ0n) is 9.66. The summed E-state index contributed by atoms with van der Waals surface area (Å²) < 4.78 is 45.0. The molecule has 0 atom stereocenters. The lowest BCUT2D eigenvalue weighted by molar-refractivity contribution is -0.190. The topological polar surface area (TPSA) is 67.6 Å². The number of halogens is 3. The van der Waals surface area contributed by atoms with E-state index in [0.717, 1.165) is 32.4 Å². The molecule has 19 heavy (non-hydrogen) atoms. The van der Waals surface area contributed by atoms with Crippen molar-refractivity contribution in [3.63, 3.8) is 0 Å². The van der Waals surface area contributed by atoms with Crippen LogP contribution in [0.4, 0.5) is 19.2 Å². The Morgan fingerprint density at radius 2 is 2.16 bits per heavy atom. The van der Waals surface area contributed by atoms with Crippen molar-refractivity contribution in [2.45, 2.75) is 6.18 Å². The molecule has 1 aromatic rings. The van der Waals surface area contributed by atoms with Crippen molar-refractivity contribution in [3.8, 4) is 5.88 Å². The summed E-state index contributed by atoms with van der Waals surface area (Å²) >= 11 is 0. The third kappa shape index (κ3) is 2.14. The average molecular weight is 277 g/mol. The van der Waals surface area contributed by atoms with Crippen LogP contribution in [-0.4, -0.2) is 43.3 Å². The SMILES string of the molecule is O=C(Oc1coc(N2CC3(CNC3)C2)n1)C(F)(F)F. The zero-order chi connectivity index (χ0) is 13.7. The van der Waals surface area contributed by atoms with Gasteiger partial charge in [0.1, 0.15) is 0 Å². The van der Waals surface area contributed by atoms with Crippen molar-refractivity contribution in [3.05, 3.63) is 6.26 Å². The minimum atomic E-state index is -5.04. The number of hydrogen-bond acceptors (Lipinski definition) is 6. The highest BCUT2D eigenvalue weighted by molar-refractivity contribution is 5.77. The van der Waals surface area contributed by atoms with Crippen molar-refractivity contribution >= 4 is 12.0 Å². The predicted octanol–water partition coefficient (Wildman–Crippen LogP) is 0.552. The van der Waals surface area contributed by atoms with E-state index in [1.54, 1.807) is 4.90 Å². The summed E-state index contributed by atoms with van der Waals surface area (Å²) in [6.45, 7) is 3.29. The molecule has 0 bridgehead atoms. The molecule has 3 heterocycles. The van der Waals surface area contributed by atoms with Crippen LogP contribution in [0.3, 0.4) is 0 Å². The molecule has 104 valence electrons. The first-order valence-corrected chi connectivity index (χ1v) is 5.58. The Labute approximate surface area is 105 Å². The highest BCUT2D eigenvalue weighted by atomic mass is 19.4. The molecule has 0 amide bonds. The quantitative estimate of drug-likeness (QED) is 0.796. The third-order valence-corrected chi connectivity index (χ3v) is 3.22. The number of anilines is 1. The van der Waals surface area contributed by atoms with Crippen LogP contribution in [0.1, 0.15) is 0 Å². The predicted molar refractivity (Wildman–Crippen MR) is 55.7 cm³/mol. The van der Waals surface area contributed by atoms with E-state index in [1.165, 1.54) is 0 Å². The number of nitrogens with zero attached hydrogens (tertiary/aromatic N) is 2. The average Bonchev–Trinajstić information content (AvgIpc) is 2.60. The Morgan fingerprint density at radius 3 is 2.68 bits per heavy atom. The van der Waals surface area contributed by atoms with Crippen molar-refractivity contribution in [2.24, 2.45) is 5.41 Å². The van der Waals surface area contributed by atoms with Gasteiger partial charge >= 0.3 is 18.2 Å². The maximum Gasteiger partial charge on any atom is 0.491 e. The van der Waals surface area contributed by atoms with Crippen LogP contribution in [-0.2, 0) is 4.79 Å². The zero-order valence-corrected chi connectivity index (χ0v) is 9.66. The summed E-state index contributed by atoms with van der Waals surface area (Å²) in [6, 6.07) is 0.169. The molecule has 2 aliphatic heterocycles. The van der Waals surface area contributed by atoms with Crippen LogP contribution in [0.25, 0.3) is 0 Å². The minimum Gasteiger partial charge on any atom is -0.428 e. The molecule has 0 radical (unpaired) electrons. The molecule has 2 saturated heterocycles. The van der Waals surface area contributed by atoms with Gasteiger partial charge in [-0.1, -0.05) is 0 Å². The fourth-order valence-electron chi connectivity index (χ4n) is 2.20. The molecular formula is C10H10F3N3O3. The molecule has 6 nitrogen and oxygen atoms in total. The van der Waals surface area contributed by atoms with Crippen molar-refractivity contribution in [1.29, 1.82) is 0 Å². The number of nitrogens with one attached hydrogen (secondary N) is 1. The summed E-state index contributed by atoms with van der Waals surface area (Å²) in [7, 11) is 0. The lowest BCUT2D eigenvalue weighted by Gasteiger charge is -2.55. The number of aromatic nitrogens is 1. The maximum atomic E-state index is 12.0. The molecule has 0 saturated carbocycles. The van der Waals surface area contributed by atoms with E-state index >= 15 is 0 Å². The smallest absolute Gasteiger partial charge is 0.428 e. The highest BCUT2D eigenvalue weighted by Gasteiger charge is 2.49. The van der Waals surface area contributed by atoms with E-state index in [0.29, 0.717) is 0 Å². The van der Waals surface area contributed by atoms with E-state index in [2.05, 4.69) is 15.0 Å². The van der Waals surface area contributed by atoms with Gasteiger partial charge in [0.2, 0.25) is 0 Å². The monoisotopic (exact) mass is 277 g/mol. The fourth-order valence-corrected chi connectivity index (χ4v) is 2.20. The molecule has 2 aliphatic rings. The molecule has 1 spiro atoms. The van der Waals surface area contributed by atoms with Gasteiger partial charge in [0.05, 0.1) is 0 Å². The highest BCUT2D eigenvalue weighted by Crippen LogP contribution is 2.37. The Hall–Kier alpha value is -1.77. The van der Waals surface area contributed by atoms with Crippen LogP contribution >= 0.6 is 0 Å². The third-order valence-electron chi connectivity index (χ3n) is 3.22. The van der Waals surface area contributed by atoms with Crippen LogP contribution in [0.15, 0.2) is 10.7 Å². The van der Waals surface area contributed by atoms with Crippen LogP contribution in [0.2, 0.25) is 0 Å². The molecule has 2 fully saturated rings. The molecule has 0 unspecified atom stereocenters. The molecular weight excluding hydrogens is 267 g/mol. The van der Waals surface area contributed by atoms with Gasteiger partial charge in [-0.05, 0) is 0 Å². The number of carbonyl (C=O) groups is 1. The number of ether oxygens (including phenoxy) is 1. The first kappa shape index (κ1) is 12.3. The van der Waals surface area contributed by atoms with Gasteiger partial charge < -0.3 is 19.4 Å². The Bertz CT molecular complexity index is 502. The van der Waals surface area contributed by atoms with Gasteiger partial charge in [0, 0.05) is 31.6 Å². The van der Waals surface area contributed by atoms with Gasteiger partial charge in [-0.3, -0.25) is 0 Å². The Morgan fingerprint density at radius 1 is 1.47 bits per heavy atom. The molecule has 0 aliphatic carbocycles. The first-order chi connectivity index (χ1) is 8.88. The van der Waals surface area contributed by atoms with Gasteiger partial charge in [0.15, 0.2) is 6.26 Å². The van der Waals surface area contributed by atoms with Gasteiger partial charge in [0.25, 0.3) is 5.88 Å². The second kappa shape index (κ2) is 3.86. The lowest BCUT2D eigenvalue weighted by Crippen LogP contribution is -2.71. The van der Waals surface area contributed by atoms with Crippen LogP contribution < -0.4 is 15.0 Å². The summed E-state index contributed by atoms with van der Waals surface area (Å²) in [5, 5.41) is 3.15. The van der Waals surface area contributed by atoms with E-state index < -0.39 is 18.0 Å². The summed E-state index contributed by atoms with van der Waals surface area (Å²) in [4.78, 5) is 16.1. The molecule has 1 aromatic heterocycles. The summed E-state index contributed by atoms with van der Waals surface area (Å²) in [5.74, 6) is -2.79. The van der Waals surface area contributed by atoms with Crippen molar-refractivity contribution in [1.82, 2.24) is 10.3 Å². The van der Waals surface area contributed by atoms with Gasteiger partial charge in [-0.25, -0.2) is 4.79 Å². The largest absolute Gasteiger partial charge is 0.491 e. The standard InChI is InChI=1S/C10H10F3N3O3/c11-10(12,13)7(17)19-6-1-18-8(15-6)16-4-9(5-16)2-14-3-9/h1,14H,2-5H2. The summed E-state index contributed by atoms with van der Waals surface area (Å²) in [5.41, 5.74) is 0.233. The van der Waals surface area contributed by atoms with Crippen molar-refractivity contribution in [2.75, 3.05) is 31.1 Å². The molecule has 9 heteroatoms.